The van der Waals surface area contributed by atoms with Crippen LogP contribution in [0.5, 0.6) is 0 Å². The van der Waals surface area contributed by atoms with Gasteiger partial charge in [0.15, 0.2) is 5.60 Å². The van der Waals surface area contributed by atoms with E-state index >= 15 is 0 Å². The van der Waals surface area contributed by atoms with Gasteiger partial charge in [-0.3, -0.25) is 0 Å². The minimum Gasteiger partial charge on any atom is -0.430 e. The summed E-state index contributed by atoms with van der Waals surface area (Å²) >= 11 is 0. The zero-order valence-corrected chi connectivity index (χ0v) is 10.8. The fourth-order valence-corrected chi connectivity index (χ4v) is 1.89. The van der Waals surface area contributed by atoms with Crippen LogP contribution in [0, 0.1) is 17.8 Å². The molecular weight excluding hydrogens is 214 g/mol. The first-order valence-electron chi connectivity index (χ1n) is 6.57. The summed E-state index contributed by atoms with van der Waals surface area (Å²) in [6, 6.07) is 0. The van der Waals surface area contributed by atoms with Crippen LogP contribution in [-0.4, -0.2) is 29.7 Å². The van der Waals surface area contributed by atoms with Gasteiger partial charge in [0.2, 0.25) is 0 Å². The molecule has 0 aromatic heterocycles. The summed E-state index contributed by atoms with van der Waals surface area (Å²) in [5, 5.41) is 0. The predicted octanol–water partition coefficient (Wildman–Crippen LogP) is 2.80. The molecule has 1 saturated heterocycles. The number of carbonyl (C=O) groups is 1. The summed E-state index contributed by atoms with van der Waals surface area (Å²) in [5.74, 6) is 6.78. The summed E-state index contributed by atoms with van der Waals surface area (Å²) in [6.07, 6.45) is 5.58. The van der Waals surface area contributed by atoms with E-state index in [1.165, 1.54) is 19.3 Å². The molecule has 0 N–H and O–H groups in total. The number of hydrogen-bond acceptors (Lipinski definition) is 2. The Hall–Kier alpha value is -1.17. The summed E-state index contributed by atoms with van der Waals surface area (Å²) < 4.78 is 5.47. The number of ether oxygens (including phenoxy) is 1. The summed E-state index contributed by atoms with van der Waals surface area (Å²) in [6.45, 7) is 5.38. The van der Waals surface area contributed by atoms with E-state index in [9.17, 15) is 4.79 Å². The molecule has 2 fully saturated rings. The third kappa shape index (κ3) is 3.96. The van der Waals surface area contributed by atoms with Crippen LogP contribution in [0.25, 0.3) is 0 Å². The van der Waals surface area contributed by atoms with Crippen molar-refractivity contribution in [1.29, 1.82) is 0 Å². The van der Waals surface area contributed by atoms with E-state index in [0.717, 1.165) is 25.9 Å². The number of hydrogen-bond donors (Lipinski definition) is 0. The zero-order valence-electron chi connectivity index (χ0n) is 10.8. The summed E-state index contributed by atoms with van der Waals surface area (Å²) in [5.41, 5.74) is -0.656. The molecule has 0 atom stereocenters. The quantitative estimate of drug-likeness (QED) is 0.654. The number of amides is 1. The van der Waals surface area contributed by atoms with E-state index in [0.29, 0.717) is 5.92 Å². The molecule has 0 spiro atoms. The smallest absolute Gasteiger partial charge is 0.411 e. The van der Waals surface area contributed by atoms with Gasteiger partial charge in [-0.2, -0.15) is 0 Å². The maximum absolute atomic E-state index is 11.9. The van der Waals surface area contributed by atoms with Gasteiger partial charge in [-0.05, 0) is 46.0 Å². The molecule has 3 heteroatoms. The van der Waals surface area contributed by atoms with Crippen LogP contribution in [0.15, 0.2) is 0 Å². The third-order valence-electron chi connectivity index (χ3n) is 3.11. The van der Waals surface area contributed by atoms with Gasteiger partial charge >= 0.3 is 6.09 Å². The fourth-order valence-electron chi connectivity index (χ4n) is 1.89. The molecule has 1 amide bonds. The van der Waals surface area contributed by atoms with Gasteiger partial charge in [-0.15, -0.1) is 0 Å². The maximum atomic E-state index is 11.9. The highest BCUT2D eigenvalue weighted by atomic mass is 16.6. The minimum absolute atomic E-state index is 0.209. The first kappa shape index (κ1) is 12.3. The molecule has 1 aliphatic carbocycles. The van der Waals surface area contributed by atoms with Gasteiger partial charge < -0.3 is 9.64 Å². The Morgan fingerprint density at radius 2 is 1.88 bits per heavy atom. The average molecular weight is 235 g/mol. The molecule has 0 aromatic carbocycles. The number of piperidine rings is 1. The molecule has 1 heterocycles. The van der Waals surface area contributed by atoms with Crippen LogP contribution in [0.2, 0.25) is 0 Å². The van der Waals surface area contributed by atoms with E-state index < -0.39 is 5.60 Å². The van der Waals surface area contributed by atoms with Crippen molar-refractivity contribution in [3.63, 3.8) is 0 Å². The van der Waals surface area contributed by atoms with E-state index in [2.05, 4.69) is 11.8 Å². The molecule has 17 heavy (non-hydrogen) atoms. The Morgan fingerprint density at radius 1 is 1.24 bits per heavy atom. The first-order valence-corrected chi connectivity index (χ1v) is 6.57. The Morgan fingerprint density at radius 3 is 2.47 bits per heavy atom. The second-order valence-corrected chi connectivity index (χ2v) is 5.47. The van der Waals surface area contributed by atoms with Crippen molar-refractivity contribution < 1.29 is 9.53 Å². The van der Waals surface area contributed by atoms with Gasteiger partial charge in [0.25, 0.3) is 0 Å². The van der Waals surface area contributed by atoms with E-state index in [-0.39, 0.29) is 6.09 Å². The van der Waals surface area contributed by atoms with Crippen molar-refractivity contribution in [2.45, 2.75) is 51.6 Å². The van der Waals surface area contributed by atoms with Crippen molar-refractivity contribution in [1.82, 2.24) is 4.90 Å². The van der Waals surface area contributed by atoms with Crippen molar-refractivity contribution in [2.75, 3.05) is 13.1 Å². The maximum Gasteiger partial charge on any atom is 0.411 e. The Balaban J connectivity index is 1.85. The standard InChI is InChI=1S/C14H21NO2/c1-14(2,9-8-12-6-7-12)17-13(16)15-10-4-3-5-11-15/h12H,3-7,10-11H2,1-2H3. The van der Waals surface area contributed by atoms with Crippen molar-refractivity contribution in [3.8, 4) is 11.8 Å². The first-order chi connectivity index (χ1) is 8.07. The molecule has 0 unspecified atom stereocenters. The lowest BCUT2D eigenvalue weighted by Gasteiger charge is -2.29. The average Bonchev–Trinajstić information content (AvgIpc) is 3.11. The zero-order chi connectivity index (χ0) is 12.3. The van der Waals surface area contributed by atoms with Gasteiger partial charge in [0.05, 0.1) is 0 Å². The molecular formula is C14H21NO2. The molecule has 0 radical (unpaired) electrons. The molecule has 94 valence electrons. The van der Waals surface area contributed by atoms with Crippen molar-refractivity contribution in [2.24, 2.45) is 5.92 Å². The fraction of sp³-hybridized carbons (Fsp3) is 0.786. The second kappa shape index (κ2) is 5.00. The number of carbonyl (C=O) groups excluding carboxylic acids is 1. The largest absolute Gasteiger partial charge is 0.430 e. The van der Waals surface area contributed by atoms with Gasteiger partial charge in [-0.25, -0.2) is 4.79 Å². The van der Waals surface area contributed by atoms with E-state index in [4.69, 9.17) is 4.74 Å². The molecule has 3 nitrogen and oxygen atoms in total. The lowest BCUT2D eigenvalue weighted by atomic mass is 10.1. The highest BCUT2D eigenvalue weighted by molar-refractivity contribution is 5.68. The molecule has 0 aromatic rings. The lowest BCUT2D eigenvalue weighted by molar-refractivity contribution is 0.0418. The Kier molecular flexibility index (Phi) is 3.61. The number of likely N-dealkylation sites (tertiary alicyclic amines) is 1. The van der Waals surface area contributed by atoms with Crippen LogP contribution in [0.3, 0.4) is 0 Å². The van der Waals surface area contributed by atoms with E-state index in [1.807, 2.05) is 13.8 Å². The molecule has 1 saturated carbocycles. The van der Waals surface area contributed by atoms with Gasteiger partial charge in [-0.1, -0.05) is 11.8 Å². The molecule has 0 bridgehead atoms. The molecule has 2 aliphatic rings. The molecule has 1 aliphatic heterocycles. The highest BCUT2D eigenvalue weighted by Gasteiger charge is 2.26. The predicted molar refractivity (Wildman–Crippen MR) is 66.5 cm³/mol. The highest BCUT2D eigenvalue weighted by Crippen LogP contribution is 2.28. The monoisotopic (exact) mass is 235 g/mol. The topological polar surface area (TPSA) is 29.5 Å². The van der Waals surface area contributed by atoms with Crippen LogP contribution >= 0.6 is 0 Å². The van der Waals surface area contributed by atoms with Gasteiger partial charge in [0.1, 0.15) is 0 Å². The SMILES string of the molecule is CC(C)(C#CC1CC1)OC(=O)N1CCCCC1. The van der Waals surface area contributed by atoms with Crippen LogP contribution in [0.1, 0.15) is 46.0 Å². The van der Waals surface area contributed by atoms with Crippen molar-refractivity contribution in [3.05, 3.63) is 0 Å². The van der Waals surface area contributed by atoms with Crippen LogP contribution in [0.4, 0.5) is 4.79 Å². The summed E-state index contributed by atoms with van der Waals surface area (Å²) in [7, 11) is 0. The third-order valence-corrected chi connectivity index (χ3v) is 3.11. The normalized spacial score (nSPS) is 20.5. The Labute approximate surface area is 104 Å². The lowest BCUT2D eigenvalue weighted by Crippen LogP contribution is -2.40. The Bertz CT molecular complexity index is 341. The van der Waals surface area contributed by atoms with Crippen LogP contribution in [-0.2, 0) is 4.74 Å². The number of rotatable bonds is 1. The molecule has 2 rings (SSSR count). The minimum atomic E-state index is -0.656. The van der Waals surface area contributed by atoms with E-state index in [1.54, 1.807) is 4.90 Å². The van der Waals surface area contributed by atoms with Crippen LogP contribution < -0.4 is 0 Å². The second-order valence-electron chi connectivity index (χ2n) is 5.47. The number of nitrogens with zero attached hydrogens (tertiary/aromatic N) is 1. The van der Waals surface area contributed by atoms with Gasteiger partial charge in [0, 0.05) is 19.0 Å². The summed E-state index contributed by atoms with van der Waals surface area (Å²) in [4.78, 5) is 13.7. The van der Waals surface area contributed by atoms with Crippen molar-refractivity contribution >= 4 is 6.09 Å².